The topological polar surface area (TPSA) is 81.2 Å². The summed E-state index contributed by atoms with van der Waals surface area (Å²) in [5.41, 5.74) is 5.78. The zero-order valence-corrected chi connectivity index (χ0v) is 13.4. The van der Waals surface area contributed by atoms with Crippen molar-refractivity contribution in [1.29, 1.82) is 0 Å². The molecule has 1 aliphatic heterocycles. The van der Waals surface area contributed by atoms with Gasteiger partial charge in [-0.1, -0.05) is 24.9 Å². The van der Waals surface area contributed by atoms with E-state index in [-0.39, 0.29) is 16.1 Å². The molecule has 1 aromatic heterocycles. The van der Waals surface area contributed by atoms with Gasteiger partial charge in [-0.05, 0) is 18.8 Å². The first kappa shape index (κ1) is 15.8. The van der Waals surface area contributed by atoms with Crippen LogP contribution in [0, 0.1) is 5.92 Å². The van der Waals surface area contributed by atoms with Gasteiger partial charge in [0.2, 0.25) is 0 Å². The number of sulfonamides is 1. The van der Waals surface area contributed by atoms with Gasteiger partial charge in [-0.25, -0.2) is 8.42 Å². The van der Waals surface area contributed by atoms with Crippen molar-refractivity contribution in [2.75, 3.05) is 13.1 Å². The molecule has 6 nitrogen and oxygen atoms in total. The van der Waals surface area contributed by atoms with E-state index in [1.54, 1.807) is 7.05 Å². The van der Waals surface area contributed by atoms with Crippen molar-refractivity contribution in [2.45, 2.75) is 37.3 Å². The fourth-order valence-electron chi connectivity index (χ4n) is 2.81. The van der Waals surface area contributed by atoms with E-state index in [4.69, 9.17) is 17.3 Å². The highest BCUT2D eigenvalue weighted by atomic mass is 35.5. The molecule has 2 unspecified atom stereocenters. The lowest BCUT2D eigenvalue weighted by Crippen LogP contribution is -2.49. The lowest BCUT2D eigenvalue weighted by atomic mass is 9.90. The zero-order chi connectivity index (χ0) is 14.9. The van der Waals surface area contributed by atoms with E-state index in [1.807, 2.05) is 0 Å². The van der Waals surface area contributed by atoms with Crippen LogP contribution in [0.3, 0.4) is 0 Å². The van der Waals surface area contributed by atoms with E-state index >= 15 is 0 Å². The second-order valence-electron chi connectivity index (χ2n) is 5.23. The smallest absolute Gasteiger partial charge is 0.262 e. The molecule has 20 heavy (non-hydrogen) atoms. The molecule has 0 bridgehead atoms. The summed E-state index contributed by atoms with van der Waals surface area (Å²) in [7, 11) is -2.07. The van der Waals surface area contributed by atoms with Crippen LogP contribution >= 0.6 is 11.6 Å². The molecule has 0 spiro atoms. The van der Waals surface area contributed by atoms with Crippen LogP contribution in [0.4, 0.5) is 0 Å². The monoisotopic (exact) mass is 320 g/mol. The highest BCUT2D eigenvalue weighted by Gasteiger charge is 2.38. The van der Waals surface area contributed by atoms with Crippen LogP contribution < -0.4 is 5.73 Å². The van der Waals surface area contributed by atoms with Crippen molar-refractivity contribution < 1.29 is 8.42 Å². The van der Waals surface area contributed by atoms with Gasteiger partial charge in [0.15, 0.2) is 5.03 Å². The molecule has 0 aliphatic carbocycles. The van der Waals surface area contributed by atoms with Crippen molar-refractivity contribution in [2.24, 2.45) is 18.7 Å². The molecular weight excluding hydrogens is 300 g/mol. The number of halogens is 1. The van der Waals surface area contributed by atoms with Gasteiger partial charge in [0.1, 0.15) is 0 Å². The summed E-state index contributed by atoms with van der Waals surface area (Å²) in [6.07, 6.45) is 4.07. The number of piperidine rings is 1. The van der Waals surface area contributed by atoms with Gasteiger partial charge in [-0.15, -0.1) is 0 Å². The van der Waals surface area contributed by atoms with Crippen LogP contribution in [-0.4, -0.2) is 41.6 Å². The summed E-state index contributed by atoms with van der Waals surface area (Å²) >= 11 is 5.98. The lowest BCUT2D eigenvalue weighted by molar-refractivity contribution is 0.197. The van der Waals surface area contributed by atoms with E-state index in [0.717, 1.165) is 19.3 Å². The van der Waals surface area contributed by atoms with Gasteiger partial charge in [-0.2, -0.15) is 9.40 Å². The SMILES string of the molecule is CCC1CCN(S(=O)(=O)c2c(Cl)cnn2C)C(CN)C1. The van der Waals surface area contributed by atoms with Gasteiger partial charge in [0.05, 0.1) is 11.2 Å². The third kappa shape index (κ3) is 2.72. The first-order valence-corrected chi connectivity index (χ1v) is 8.63. The minimum absolute atomic E-state index is 0.0487. The third-order valence-corrected chi connectivity index (χ3v) is 6.48. The molecular formula is C12H21ClN4O2S. The molecule has 1 fully saturated rings. The summed E-state index contributed by atoms with van der Waals surface area (Å²) in [6.45, 7) is 2.94. The minimum atomic E-state index is -3.65. The minimum Gasteiger partial charge on any atom is -0.329 e. The average Bonchev–Trinajstić information content (AvgIpc) is 2.77. The molecule has 2 heterocycles. The van der Waals surface area contributed by atoms with E-state index in [2.05, 4.69) is 12.0 Å². The Balaban J connectivity index is 2.34. The van der Waals surface area contributed by atoms with E-state index < -0.39 is 10.0 Å². The lowest BCUT2D eigenvalue weighted by Gasteiger charge is -2.37. The second kappa shape index (κ2) is 6.01. The molecule has 1 aliphatic rings. The standard InChI is InChI=1S/C12H21ClN4O2S/c1-3-9-4-5-17(10(6-9)7-14)20(18,19)12-11(13)8-15-16(12)2/h8-10H,3-7,14H2,1-2H3. The maximum atomic E-state index is 12.8. The molecule has 0 radical (unpaired) electrons. The number of nitrogens with two attached hydrogens (primary N) is 1. The molecule has 1 aromatic rings. The number of nitrogens with zero attached hydrogens (tertiary/aromatic N) is 3. The predicted molar refractivity (Wildman–Crippen MR) is 78.0 cm³/mol. The van der Waals surface area contributed by atoms with E-state index in [9.17, 15) is 8.42 Å². The molecule has 0 saturated carbocycles. The van der Waals surface area contributed by atoms with Crippen molar-refractivity contribution in [3.8, 4) is 0 Å². The summed E-state index contributed by atoms with van der Waals surface area (Å²) in [5, 5.41) is 4.11. The molecule has 0 aromatic carbocycles. The van der Waals surface area contributed by atoms with E-state index in [1.165, 1.54) is 15.2 Å². The van der Waals surface area contributed by atoms with Gasteiger partial charge in [-0.3, -0.25) is 4.68 Å². The van der Waals surface area contributed by atoms with Crippen LogP contribution in [0.15, 0.2) is 11.2 Å². The highest BCUT2D eigenvalue weighted by Crippen LogP contribution is 2.31. The summed E-state index contributed by atoms with van der Waals surface area (Å²) in [6, 6.07) is -0.162. The quantitative estimate of drug-likeness (QED) is 0.904. The normalized spacial score (nSPS) is 25.0. The largest absolute Gasteiger partial charge is 0.329 e. The highest BCUT2D eigenvalue weighted by molar-refractivity contribution is 7.89. The summed E-state index contributed by atoms with van der Waals surface area (Å²) < 4.78 is 28.3. The van der Waals surface area contributed by atoms with Crippen LogP contribution in [0.1, 0.15) is 26.2 Å². The number of aryl methyl sites for hydroxylation is 1. The number of aromatic nitrogens is 2. The zero-order valence-electron chi connectivity index (χ0n) is 11.8. The maximum Gasteiger partial charge on any atom is 0.262 e. The first-order valence-electron chi connectivity index (χ1n) is 6.81. The molecule has 2 atom stereocenters. The van der Waals surface area contributed by atoms with E-state index in [0.29, 0.717) is 19.0 Å². The third-order valence-electron chi connectivity index (χ3n) is 4.02. The van der Waals surface area contributed by atoms with Crippen LogP contribution in [0.25, 0.3) is 0 Å². The molecule has 114 valence electrons. The predicted octanol–water partition coefficient (Wildman–Crippen LogP) is 1.21. The second-order valence-corrected chi connectivity index (χ2v) is 7.44. The van der Waals surface area contributed by atoms with Gasteiger partial charge in [0.25, 0.3) is 10.0 Å². The Labute approximate surface area is 124 Å². The molecule has 0 amide bonds. The van der Waals surface area contributed by atoms with Crippen LogP contribution in [0.5, 0.6) is 0 Å². The molecule has 2 N–H and O–H groups in total. The summed E-state index contributed by atoms with van der Waals surface area (Å²) in [4.78, 5) is 0. The van der Waals surface area contributed by atoms with Crippen molar-refractivity contribution in [1.82, 2.24) is 14.1 Å². The van der Waals surface area contributed by atoms with Crippen LogP contribution in [0.2, 0.25) is 5.02 Å². The number of rotatable bonds is 4. The fourth-order valence-corrected chi connectivity index (χ4v) is 5.09. The average molecular weight is 321 g/mol. The molecule has 1 saturated heterocycles. The maximum absolute atomic E-state index is 12.8. The Morgan fingerprint density at radius 3 is 2.75 bits per heavy atom. The Hall–Kier alpha value is -0.630. The number of hydrogen-bond acceptors (Lipinski definition) is 4. The Morgan fingerprint density at radius 2 is 2.25 bits per heavy atom. The fraction of sp³-hybridized carbons (Fsp3) is 0.750. The Bertz CT molecular complexity index is 553. The van der Waals surface area contributed by atoms with Crippen molar-refractivity contribution >= 4 is 21.6 Å². The Kier molecular flexibility index (Phi) is 4.73. The molecule has 2 rings (SSSR count). The van der Waals surface area contributed by atoms with Crippen molar-refractivity contribution in [3.63, 3.8) is 0 Å². The van der Waals surface area contributed by atoms with Crippen LogP contribution in [-0.2, 0) is 17.1 Å². The first-order chi connectivity index (χ1) is 9.41. The summed E-state index contributed by atoms with van der Waals surface area (Å²) in [5.74, 6) is 0.539. The Morgan fingerprint density at radius 1 is 1.55 bits per heavy atom. The van der Waals surface area contributed by atoms with Gasteiger partial charge in [0, 0.05) is 26.2 Å². The number of hydrogen-bond donors (Lipinski definition) is 1. The van der Waals surface area contributed by atoms with Crippen molar-refractivity contribution in [3.05, 3.63) is 11.2 Å². The van der Waals surface area contributed by atoms with Gasteiger partial charge >= 0.3 is 0 Å². The molecule has 8 heteroatoms. The van der Waals surface area contributed by atoms with Gasteiger partial charge < -0.3 is 5.73 Å².